The van der Waals surface area contributed by atoms with Gasteiger partial charge in [-0.3, -0.25) is 13.9 Å². The van der Waals surface area contributed by atoms with Gasteiger partial charge in [-0.15, -0.1) is 0 Å². The van der Waals surface area contributed by atoms with Crippen molar-refractivity contribution in [2.45, 2.75) is 77.9 Å². The van der Waals surface area contributed by atoms with Gasteiger partial charge in [-0.25, -0.2) is 8.42 Å². The topological polar surface area (TPSA) is 96.0 Å². The molecule has 0 aliphatic rings. The summed E-state index contributed by atoms with van der Waals surface area (Å²) in [7, 11) is -2.74. The number of nitrogens with one attached hydrogen (secondary N) is 1. The Labute approximate surface area is 250 Å². The number of sulfonamides is 1. The highest BCUT2D eigenvalue weighted by atomic mass is 32.2. The number of hydrogen-bond donors (Lipinski definition) is 1. The molecule has 0 aliphatic heterocycles. The van der Waals surface area contributed by atoms with E-state index in [1.165, 1.54) is 24.1 Å². The lowest BCUT2D eigenvalue weighted by Gasteiger charge is -2.34. The third-order valence-electron chi connectivity index (χ3n) is 7.35. The second-order valence-corrected chi connectivity index (χ2v) is 12.6. The molecule has 0 heterocycles. The maximum absolute atomic E-state index is 14.3. The van der Waals surface area contributed by atoms with E-state index in [2.05, 4.69) is 5.32 Å². The van der Waals surface area contributed by atoms with Crippen LogP contribution < -0.4 is 14.4 Å². The van der Waals surface area contributed by atoms with Gasteiger partial charge in [0.15, 0.2) is 0 Å². The standard InChI is InChI=1S/C33H43N3O5S/c1-8-26(6)34-33(38)29(9-2)35(21-27-15-10-23(3)11-16-27)32(37)22-36(30-20-25(5)14-19-31(30)41-7)42(39,40)28-17-12-24(4)13-18-28/h10-20,26,29H,8-9,21-22H2,1-7H3,(H,34,38)/t26-,29-/m1/s1. The fraction of sp³-hybridized carbons (Fsp3) is 0.394. The van der Waals surface area contributed by atoms with Crippen LogP contribution in [0.15, 0.2) is 71.6 Å². The molecule has 3 aromatic carbocycles. The first-order chi connectivity index (χ1) is 19.9. The number of amides is 2. The molecule has 226 valence electrons. The lowest BCUT2D eigenvalue weighted by Crippen LogP contribution is -2.53. The van der Waals surface area contributed by atoms with E-state index in [1.807, 2.05) is 71.9 Å². The number of anilines is 1. The summed E-state index contributed by atoms with van der Waals surface area (Å²) in [5.74, 6) is -0.454. The molecule has 9 heteroatoms. The zero-order valence-electron chi connectivity index (χ0n) is 25.7. The molecule has 0 spiro atoms. The number of rotatable bonds is 13. The van der Waals surface area contributed by atoms with Crippen LogP contribution in [0.2, 0.25) is 0 Å². The van der Waals surface area contributed by atoms with Crippen molar-refractivity contribution in [1.82, 2.24) is 10.2 Å². The molecule has 3 aromatic rings. The maximum Gasteiger partial charge on any atom is 0.264 e. The highest BCUT2D eigenvalue weighted by Gasteiger charge is 2.35. The van der Waals surface area contributed by atoms with Crippen LogP contribution in [0.5, 0.6) is 5.75 Å². The van der Waals surface area contributed by atoms with Crippen LogP contribution >= 0.6 is 0 Å². The Hall–Kier alpha value is -3.85. The average Bonchev–Trinajstić information content (AvgIpc) is 2.96. The van der Waals surface area contributed by atoms with E-state index in [1.54, 1.807) is 24.3 Å². The predicted molar refractivity (Wildman–Crippen MR) is 167 cm³/mol. The lowest BCUT2D eigenvalue weighted by atomic mass is 10.1. The lowest BCUT2D eigenvalue weighted by molar-refractivity contribution is -0.140. The zero-order chi connectivity index (χ0) is 31.0. The molecular formula is C33H43N3O5S. The van der Waals surface area contributed by atoms with Gasteiger partial charge in [0, 0.05) is 12.6 Å². The Morgan fingerprint density at radius 1 is 0.857 bits per heavy atom. The van der Waals surface area contributed by atoms with Gasteiger partial charge < -0.3 is 15.0 Å². The molecule has 0 bridgehead atoms. The first-order valence-corrected chi connectivity index (χ1v) is 15.7. The number of carbonyl (C=O) groups excluding carboxylic acids is 2. The molecule has 1 N–H and O–H groups in total. The monoisotopic (exact) mass is 593 g/mol. The number of nitrogens with zero attached hydrogens (tertiary/aromatic N) is 2. The van der Waals surface area contributed by atoms with Crippen molar-refractivity contribution in [3.8, 4) is 5.75 Å². The van der Waals surface area contributed by atoms with Crippen LogP contribution in [-0.4, -0.2) is 50.9 Å². The molecule has 8 nitrogen and oxygen atoms in total. The van der Waals surface area contributed by atoms with E-state index < -0.39 is 28.5 Å². The minimum Gasteiger partial charge on any atom is -0.495 e. The van der Waals surface area contributed by atoms with Crippen LogP contribution in [0.1, 0.15) is 55.9 Å². The van der Waals surface area contributed by atoms with Gasteiger partial charge in [-0.2, -0.15) is 0 Å². The first kappa shape index (κ1) is 32.7. The van der Waals surface area contributed by atoms with Crippen LogP contribution in [0.25, 0.3) is 0 Å². The largest absolute Gasteiger partial charge is 0.495 e. The molecule has 0 saturated carbocycles. The quantitative estimate of drug-likeness (QED) is 0.281. The zero-order valence-corrected chi connectivity index (χ0v) is 26.5. The second-order valence-electron chi connectivity index (χ2n) is 10.7. The second kappa shape index (κ2) is 14.4. The van der Waals surface area contributed by atoms with Gasteiger partial charge in [0.2, 0.25) is 11.8 Å². The summed E-state index contributed by atoms with van der Waals surface area (Å²) >= 11 is 0. The maximum atomic E-state index is 14.3. The van der Waals surface area contributed by atoms with Crippen molar-refractivity contribution in [2.75, 3.05) is 18.0 Å². The highest BCUT2D eigenvalue weighted by molar-refractivity contribution is 7.92. The van der Waals surface area contributed by atoms with E-state index in [9.17, 15) is 18.0 Å². The van der Waals surface area contributed by atoms with Crippen molar-refractivity contribution in [3.63, 3.8) is 0 Å². The van der Waals surface area contributed by atoms with Crippen molar-refractivity contribution >= 4 is 27.5 Å². The fourth-order valence-corrected chi connectivity index (χ4v) is 6.01. The SMILES string of the molecule is CC[C@@H](C)NC(=O)[C@@H](CC)N(Cc1ccc(C)cc1)C(=O)CN(c1cc(C)ccc1OC)S(=O)(=O)c1ccc(C)cc1. The van der Waals surface area contributed by atoms with E-state index in [0.717, 1.165) is 33.0 Å². The molecule has 0 saturated heterocycles. The third kappa shape index (κ3) is 7.91. The van der Waals surface area contributed by atoms with E-state index in [0.29, 0.717) is 12.2 Å². The Kier molecular flexibility index (Phi) is 11.2. The minimum atomic E-state index is -4.20. The van der Waals surface area contributed by atoms with Gasteiger partial charge in [0.05, 0.1) is 17.7 Å². The summed E-state index contributed by atoms with van der Waals surface area (Å²) in [6, 6.07) is 18.6. The van der Waals surface area contributed by atoms with Crippen LogP contribution in [0, 0.1) is 20.8 Å². The molecule has 0 unspecified atom stereocenters. The van der Waals surface area contributed by atoms with Gasteiger partial charge in [-0.1, -0.05) is 67.4 Å². The summed E-state index contributed by atoms with van der Waals surface area (Å²) in [5.41, 5.74) is 3.87. The summed E-state index contributed by atoms with van der Waals surface area (Å²) in [6.45, 7) is 11.1. The third-order valence-corrected chi connectivity index (χ3v) is 9.13. The normalized spacial score (nSPS) is 12.7. The Bertz CT molecular complexity index is 1470. The molecule has 2 amide bonds. The Balaban J connectivity index is 2.12. The van der Waals surface area contributed by atoms with Crippen molar-refractivity contribution < 1.29 is 22.7 Å². The number of aryl methyl sites for hydroxylation is 3. The van der Waals surface area contributed by atoms with Crippen molar-refractivity contribution in [2.24, 2.45) is 0 Å². The van der Waals surface area contributed by atoms with Crippen LogP contribution in [0.3, 0.4) is 0 Å². The number of hydrogen-bond acceptors (Lipinski definition) is 5. The van der Waals surface area contributed by atoms with Gasteiger partial charge in [-0.05, 0) is 75.9 Å². The van der Waals surface area contributed by atoms with Crippen LogP contribution in [-0.2, 0) is 26.2 Å². The molecule has 0 aliphatic carbocycles. The summed E-state index contributed by atoms with van der Waals surface area (Å²) in [6.07, 6.45) is 1.10. The Morgan fingerprint density at radius 2 is 1.43 bits per heavy atom. The Morgan fingerprint density at radius 3 is 1.98 bits per heavy atom. The van der Waals surface area contributed by atoms with Crippen molar-refractivity contribution in [1.29, 1.82) is 0 Å². The summed E-state index contributed by atoms with van der Waals surface area (Å²) in [5, 5.41) is 3.00. The van der Waals surface area contributed by atoms with Gasteiger partial charge in [0.1, 0.15) is 18.3 Å². The predicted octanol–water partition coefficient (Wildman–Crippen LogP) is 5.54. The molecule has 0 aromatic heterocycles. The highest BCUT2D eigenvalue weighted by Crippen LogP contribution is 2.34. The first-order valence-electron chi connectivity index (χ1n) is 14.3. The smallest absolute Gasteiger partial charge is 0.264 e. The van der Waals surface area contributed by atoms with Crippen molar-refractivity contribution in [3.05, 3.63) is 89.0 Å². The molecule has 2 atom stereocenters. The fourth-order valence-electron chi connectivity index (χ4n) is 4.60. The molecule has 0 fully saturated rings. The summed E-state index contributed by atoms with van der Waals surface area (Å²) in [4.78, 5) is 29.2. The minimum absolute atomic E-state index is 0.0519. The molecular weight excluding hydrogens is 550 g/mol. The number of ether oxygens (including phenoxy) is 1. The van der Waals surface area contributed by atoms with E-state index >= 15 is 0 Å². The molecule has 0 radical (unpaired) electrons. The van der Waals surface area contributed by atoms with E-state index in [-0.39, 0.29) is 29.1 Å². The van der Waals surface area contributed by atoms with Crippen LogP contribution in [0.4, 0.5) is 5.69 Å². The summed E-state index contributed by atoms with van der Waals surface area (Å²) < 4.78 is 34.9. The van der Waals surface area contributed by atoms with Gasteiger partial charge in [0.25, 0.3) is 10.0 Å². The number of benzene rings is 3. The van der Waals surface area contributed by atoms with E-state index in [4.69, 9.17) is 4.74 Å². The number of carbonyl (C=O) groups is 2. The molecule has 42 heavy (non-hydrogen) atoms. The van der Waals surface area contributed by atoms with Gasteiger partial charge >= 0.3 is 0 Å². The number of methoxy groups -OCH3 is 1. The molecule has 3 rings (SSSR count). The average molecular weight is 594 g/mol.